The van der Waals surface area contributed by atoms with Gasteiger partial charge >= 0.3 is 5.97 Å². The zero-order chi connectivity index (χ0) is 15.6. The molecule has 0 aromatic heterocycles. The number of nitrogens with zero attached hydrogens (tertiary/aromatic N) is 1. The molecule has 0 heterocycles. The number of nitro groups is 1. The maximum Gasteiger partial charge on any atom is 0.339 e. The van der Waals surface area contributed by atoms with Crippen LogP contribution in [0.1, 0.15) is 10.4 Å². The average Bonchev–Trinajstić information content (AvgIpc) is 2.37. The van der Waals surface area contributed by atoms with Crippen LogP contribution in [0.15, 0.2) is 36.4 Å². The Morgan fingerprint density at radius 3 is 2.48 bits per heavy atom. The molecule has 0 aliphatic rings. The van der Waals surface area contributed by atoms with Gasteiger partial charge < -0.3 is 9.84 Å². The third-order valence-electron chi connectivity index (χ3n) is 2.47. The number of hydrogen-bond acceptors (Lipinski definition) is 4. The van der Waals surface area contributed by atoms with Crippen molar-refractivity contribution >= 4 is 11.7 Å². The average molecular weight is 295 g/mol. The highest BCUT2D eigenvalue weighted by Crippen LogP contribution is 2.29. The highest BCUT2D eigenvalue weighted by atomic mass is 19.1. The lowest BCUT2D eigenvalue weighted by molar-refractivity contribution is -0.385. The number of carboxylic acid groups (broad SMARTS) is 1. The van der Waals surface area contributed by atoms with Crippen molar-refractivity contribution in [3.8, 4) is 11.5 Å². The maximum atomic E-state index is 13.3. The Balaban J connectivity index is 2.45. The largest absolute Gasteiger partial charge is 0.478 e. The molecule has 2 aromatic rings. The van der Waals surface area contributed by atoms with Crippen LogP contribution < -0.4 is 4.74 Å². The minimum Gasteiger partial charge on any atom is -0.478 e. The summed E-state index contributed by atoms with van der Waals surface area (Å²) in [5.41, 5.74) is -0.929. The fraction of sp³-hybridized carbons (Fsp3) is 0. The minimum absolute atomic E-state index is 0.310. The van der Waals surface area contributed by atoms with Crippen molar-refractivity contribution in [2.75, 3.05) is 0 Å². The van der Waals surface area contributed by atoms with Gasteiger partial charge in [0.15, 0.2) is 0 Å². The number of carbonyl (C=O) groups is 1. The molecule has 0 aliphatic carbocycles. The Morgan fingerprint density at radius 2 is 1.86 bits per heavy atom. The molecule has 21 heavy (non-hydrogen) atoms. The zero-order valence-electron chi connectivity index (χ0n) is 10.2. The highest BCUT2D eigenvalue weighted by Gasteiger charge is 2.16. The monoisotopic (exact) mass is 295 g/mol. The van der Waals surface area contributed by atoms with E-state index in [1.54, 1.807) is 0 Å². The predicted molar refractivity (Wildman–Crippen MR) is 66.5 cm³/mol. The van der Waals surface area contributed by atoms with Crippen molar-refractivity contribution in [1.29, 1.82) is 0 Å². The Labute approximate surface area is 116 Å². The van der Waals surface area contributed by atoms with Gasteiger partial charge in [-0.1, -0.05) is 0 Å². The van der Waals surface area contributed by atoms with Crippen LogP contribution >= 0.6 is 0 Å². The standard InChI is InChI=1S/C13H7F2NO5/c14-7-1-2-11(13(17)18)12(5-7)21-10-4-8(15)3-9(6-10)16(19)20/h1-6H,(H,17,18). The van der Waals surface area contributed by atoms with Crippen LogP contribution in [-0.2, 0) is 0 Å². The number of aromatic carboxylic acids is 1. The Kier molecular flexibility index (Phi) is 3.79. The SMILES string of the molecule is O=C(O)c1ccc(F)cc1Oc1cc(F)cc([N+](=O)[O-])c1. The van der Waals surface area contributed by atoms with Gasteiger partial charge in [-0.05, 0) is 12.1 Å². The van der Waals surface area contributed by atoms with E-state index in [4.69, 9.17) is 9.84 Å². The summed E-state index contributed by atoms with van der Waals surface area (Å²) in [6.45, 7) is 0. The molecular formula is C13H7F2NO5. The molecule has 2 rings (SSSR count). The maximum absolute atomic E-state index is 13.3. The smallest absolute Gasteiger partial charge is 0.339 e. The van der Waals surface area contributed by atoms with Crippen molar-refractivity contribution in [3.63, 3.8) is 0 Å². The molecule has 0 fully saturated rings. The molecule has 6 nitrogen and oxygen atoms in total. The zero-order valence-corrected chi connectivity index (χ0v) is 10.2. The summed E-state index contributed by atoms with van der Waals surface area (Å²) in [6, 6.07) is 5.09. The van der Waals surface area contributed by atoms with Crippen LogP contribution in [0.25, 0.3) is 0 Å². The van der Waals surface area contributed by atoms with Gasteiger partial charge in [-0.15, -0.1) is 0 Å². The molecule has 0 atom stereocenters. The highest BCUT2D eigenvalue weighted by molar-refractivity contribution is 5.91. The summed E-state index contributed by atoms with van der Waals surface area (Å²) in [6.07, 6.45) is 0. The van der Waals surface area contributed by atoms with Gasteiger partial charge in [0.25, 0.3) is 5.69 Å². The van der Waals surface area contributed by atoms with E-state index in [1.807, 2.05) is 0 Å². The van der Waals surface area contributed by atoms with Crippen LogP contribution in [0.5, 0.6) is 11.5 Å². The molecule has 0 bridgehead atoms. The summed E-state index contributed by atoms with van der Waals surface area (Å²) < 4.78 is 31.5. The van der Waals surface area contributed by atoms with E-state index in [2.05, 4.69) is 0 Å². The fourth-order valence-electron chi connectivity index (χ4n) is 1.60. The third kappa shape index (κ3) is 3.30. The number of non-ortho nitro benzene ring substituents is 1. The molecule has 0 amide bonds. The van der Waals surface area contributed by atoms with Crippen LogP contribution in [0.2, 0.25) is 0 Å². The first-order valence-electron chi connectivity index (χ1n) is 5.52. The van der Waals surface area contributed by atoms with E-state index in [0.717, 1.165) is 30.3 Å². The van der Waals surface area contributed by atoms with Crippen molar-refractivity contribution in [2.24, 2.45) is 0 Å². The summed E-state index contributed by atoms with van der Waals surface area (Å²) in [4.78, 5) is 20.8. The number of rotatable bonds is 4. The number of ether oxygens (including phenoxy) is 1. The first-order valence-corrected chi connectivity index (χ1v) is 5.52. The Morgan fingerprint density at radius 1 is 1.14 bits per heavy atom. The molecule has 2 aromatic carbocycles. The van der Waals surface area contributed by atoms with Gasteiger partial charge in [0, 0.05) is 12.1 Å². The fourth-order valence-corrected chi connectivity index (χ4v) is 1.60. The normalized spacial score (nSPS) is 10.2. The number of nitro benzene ring substituents is 1. The first-order chi connectivity index (χ1) is 9.86. The van der Waals surface area contributed by atoms with Crippen molar-refractivity contribution in [2.45, 2.75) is 0 Å². The van der Waals surface area contributed by atoms with Crippen LogP contribution in [0.4, 0.5) is 14.5 Å². The van der Waals surface area contributed by atoms with Gasteiger partial charge in [-0.2, -0.15) is 0 Å². The topological polar surface area (TPSA) is 89.7 Å². The number of carboxylic acids is 1. The molecule has 0 spiro atoms. The van der Waals surface area contributed by atoms with Gasteiger partial charge in [0.1, 0.15) is 28.7 Å². The van der Waals surface area contributed by atoms with E-state index in [-0.39, 0.29) is 17.1 Å². The molecule has 0 radical (unpaired) electrons. The van der Waals surface area contributed by atoms with Crippen molar-refractivity contribution < 1.29 is 28.3 Å². The first kappa shape index (κ1) is 14.4. The number of halogens is 2. The van der Waals surface area contributed by atoms with E-state index in [9.17, 15) is 23.7 Å². The van der Waals surface area contributed by atoms with Gasteiger partial charge in [-0.25, -0.2) is 13.6 Å². The molecule has 0 unspecified atom stereocenters. The van der Waals surface area contributed by atoms with E-state index < -0.39 is 28.2 Å². The lowest BCUT2D eigenvalue weighted by Gasteiger charge is -2.09. The third-order valence-corrected chi connectivity index (χ3v) is 2.47. The molecule has 8 heteroatoms. The lowest BCUT2D eigenvalue weighted by atomic mass is 10.2. The summed E-state index contributed by atoms with van der Waals surface area (Å²) in [7, 11) is 0. The predicted octanol–water partition coefficient (Wildman–Crippen LogP) is 3.36. The van der Waals surface area contributed by atoms with Crippen molar-refractivity contribution in [1.82, 2.24) is 0 Å². The molecule has 0 saturated heterocycles. The van der Waals surface area contributed by atoms with Crippen molar-refractivity contribution in [3.05, 3.63) is 63.7 Å². The lowest BCUT2D eigenvalue weighted by Crippen LogP contribution is -2.01. The van der Waals surface area contributed by atoms with E-state index >= 15 is 0 Å². The second-order valence-electron chi connectivity index (χ2n) is 3.95. The molecule has 0 aliphatic heterocycles. The summed E-state index contributed by atoms with van der Waals surface area (Å²) in [5, 5.41) is 19.6. The molecule has 1 N–H and O–H groups in total. The second kappa shape index (κ2) is 5.53. The van der Waals surface area contributed by atoms with Gasteiger partial charge in [0.05, 0.1) is 17.1 Å². The summed E-state index contributed by atoms with van der Waals surface area (Å²) in [5.74, 6) is -3.78. The van der Waals surface area contributed by atoms with Crippen LogP contribution in [0.3, 0.4) is 0 Å². The van der Waals surface area contributed by atoms with Crippen LogP contribution in [-0.4, -0.2) is 16.0 Å². The quantitative estimate of drug-likeness (QED) is 0.690. The second-order valence-corrected chi connectivity index (χ2v) is 3.95. The van der Waals surface area contributed by atoms with E-state index in [1.165, 1.54) is 0 Å². The van der Waals surface area contributed by atoms with E-state index in [0.29, 0.717) is 6.07 Å². The van der Waals surface area contributed by atoms with Crippen LogP contribution in [0, 0.1) is 21.7 Å². The number of benzene rings is 2. The summed E-state index contributed by atoms with van der Waals surface area (Å²) >= 11 is 0. The van der Waals surface area contributed by atoms with Gasteiger partial charge in [-0.3, -0.25) is 10.1 Å². The van der Waals surface area contributed by atoms with Gasteiger partial charge in [0.2, 0.25) is 0 Å². The Hall–Kier alpha value is -3.03. The Bertz CT molecular complexity index is 732. The minimum atomic E-state index is -1.38. The molecule has 108 valence electrons. The molecular weight excluding hydrogens is 288 g/mol. The molecule has 0 saturated carbocycles. The number of hydrogen-bond donors (Lipinski definition) is 1.